The van der Waals surface area contributed by atoms with Gasteiger partial charge in [0.05, 0.1) is 4.34 Å². The van der Waals surface area contributed by atoms with E-state index >= 15 is 0 Å². The Kier molecular flexibility index (Phi) is 3.61. The molecule has 0 aliphatic carbocycles. The van der Waals surface area contributed by atoms with E-state index in [1.54, 1.807) is 4.31 Å². The van der Waals surface area contributed by atoms with E-state index in [-0.39, 0.29) is 15.3 Å². The van der Waals surface area contributed by atoms with Crippen LogP contribution in [0.5, 0.6) is 0 Å². The van der Waals surface area contributed by atoms with E-state index in [0.29, 0.717) is 22.7 Å². The number of nitrogens with zero attached hydrogens (tertiary/aromatic N) is 1. The van der Waals surface area contributed by atoms with E-state index in [4.69, 9.17) is 23.2 Å². The molecule has 1 N–H and O–H groups in total. The molecule has 0 bridgehead atoms. The second-order valence-electron chi connectivity index (χ2n) is 5.09. The predicted octanol–water partition coefficient (Wildman–Crippen LogP) is 2.28. The zero-order valence-electron chi connectivity index (χ0n) is 10.3. The van der Waals surface area contributed by atoms with Crippen molar-refractivity contribution >= 4 is 44.6 Å². The second-order valence-corrected chi connectivity index (χ2v) is 9.23. The maximum atomic E-state index is 12.7. The van der Waals surface area contributed by atoms with Gasteiger partial charge in [0.15, 0.2) is 0 Å². The second kappa shape index (κ2) is 4.86. The Labute approximate surface area is 126 Å². The van der Waals surface area contributed by atoms with Crippen molar-refractivity contribution in [3.63, 3.8) is 0 Å². The van der Waals surface area contributed by atoms with Crippen molar-refractivity contribution in [2.24, 2.45) is 11.8 Å². The highest BCUT2D eigenvalue weighted by Crippen LogP contribution is 2.40. The van der Waals surface area contributed by atoms with Crippen LogP contribution in [0, 0.1) is 11.8 Å². The fourth-order valence-electron chi connectivity index (χ4n) is 3.07. The standard InChI is InChI=1S/C11H14Cl2N2O2S2/c1-6-8-4-14-3-7(8)5-15(6)19(16,17)9-2-10(12)18-11(9)13/h2,6-8,14H,3-5H2,1H3. The summed E-state index contributed by atoms with van der Waals surface area (Å²) < 4.78 is 27.6. The normalized spacial score (nSPS) is 31.8. The van der Waals surface area contributed by atoms with Gasteiger partial charge in [-0.25, -0.2) is 8.42 Å². The van der Waals surface area contributed by atoms with Crippen molar-refractivity contribution in [2.45, 2.75) is 17.9 Å². The molecule has 2 saturated heterocycles. The van der Waals surface area contributed by atoms with E-state index in [0.717, 1.165) is 24.4 Å². The maximum absolute atomic E-state index is 12.7. The molecular weight excluding hydrogens is 327 g/mol. The van der Waals surface area contributed by atoms with Gasteiger partial charge in [0.1, 0.15) is 9.23 Å². The molecule has 8 heteroatoms. The molecule has 0 amide bonds. The van der Waals surface area contributed by atoms with Crippen LogP contribution in [-0.4, -0.2) is 38.4 Å². The molecule has 2 aliphatic heterocycles. The lowest BCUT2D eigenvalue weighted by molar-refractivity contribution is 0.360. The van der Waals surface area contributed by atoms with Crippen molar-refractivity contribution in [2.75, 3.05) is 19.6 Å². The van der Waals surface area contributed by atoms with Crippen LogP contribution in [0.4, 0.5) is 0 Å². The van der Waals surface area contributed by atoms with Crippen LogP contribution in [0.2, 0.25) is 8.67 Å². The van der Waals surface area contributed by atoms with E-state index in [1.165, 1.54) is 6.07 Å². The fourth-order valence-corrected chi connectivity index (χ4v) is 6.92. The van der Waals surface area contributed by atoms with Gasteiger partial charge in [-0.3, -0.25) is 0 Å². The highest BCUT2D eigenvalue weighted by molar-refractivity contribution is 7.89. The molecule has 3 rings (SSSR count). The van der Waals surface area contributed by atoms with Crippen LogP contribution in [0.15, 0.2) is 11.0 Å². The summed E-state index contributed by atoms with van der Waals surface area (Å²) in [6.07, 6.45) is 0. The molecule has 0 spiro atoms. The number of sulfonamides is 1. The number of halogens is 2. The molecule has 106 valence electrons. The van der Waals surface area contributed by atoms with E-state index < -0.39 is 10.0 Å². The van der Waals surface area contributed by atoms with Crippen LogP contribution >= 0.6 is 34.5 Å². The molecule has 3 unspecified atom stereocenters. The van der Waals surface area contributed by atoms with E-state index in [1.807, 2.05) is 6.92 Å². The van der Waals surface area contributed by atoms with Crippen LogP contribution in [0.3, 0.4) is 0 Å². The average Bonchev–Trinajstić information content (AvgIpc) is 2.97. The minimum absolute atomic E-state index is 0.000239. The molecule has 4 nitrogen and oxygen atoms in total. The number of thiophene rings is 1. The number of fused-ring (bicyclic) bond motifs is 1. The fraction of sp³-hybridized carbons (Fsp3) is 0.636. The Balaban J connectivity index is 1.96. The molecular formula is C11H14Cl2N2O2S2. The monoisotopic (exact) mass is 340 g/mol. The number of rotatable bonds is 2. The minimum atomic E-state index is -3.54. The van der Waals surface area contributed by atoms with E-state index in [2.05, 4.69) is 5.32 Å². The van der Waals surface area contributed by atoms with E-state index in [9.17, 15) is 8.42 Å². The molecule has 2 fully saturated rings. The van der Waals surface area contributed by atoms with Gasteiger partial charge in [0.25, 0.3) is 0 Å². The average molecular weight is 341 g/mol. The Bertz CT molecular complexity index is 602. The van der Waals surface area contributed by atoms with Crippen molar-refractivity contribution < 1.29 is 8.42 Å². The molecule has 0 radical (unpaired) electrons. The Morgan fingerprint density at radius 3 is 2.74 bits per heavy atom. The van der Waals surface area contributed by atoms with Crippen LogP contribution in [-0.2, 0) is 10.0 Å². The molecule has 0 aromatic carbocycles. The van der Waals surface area contributed by atoms with Crippen LogP contribution < -0.4 is 5.32 Å². The number of nitrogens with one attached hydrogen (secondary N) is 1. The highest BCUT2D eigenvalue weighted by Gasteiger charge is 2.47. The summed E-state index contributed by atoms with van der Waals surface area (Å²) in [5, 5.41) is 3.32. The molecule has 2 aliphatic rings. The maximum Gasteiger partial charge on any atom is 0.245 e. The van der Waals surface area contributed by atoms with Gasteiger partial charge in [-0.05, 0) is 37.9 Å². The lowest BCUT2D eigenvalue weighted by atomic mass is 9.95. The Morgan fingerprint density at radius 1 is 1.42 bits per heavy atom. The van der Waals surface area contributed by atoms with Gasteiger partial charge >= 0.3 is 0 Å². The Morgan fingerprint density at radius 2 is 2.16 bits per heavy atom. The minimum Gasteiger partial charge on any atom is -0.316 e. The first-order valence-electron chi connectivity index (χ1n) is 6.08. The van der Waals surface area contributed by atoms with Crippen LogP contribution in [0.1, 0.15) is 6.92 Å². The van der Waals surface area contributed by atoms with Gasteiger partial charge in [0, 0.05) is 12.6 Å². The molecule has 0 saturated carbocycles. The first-order chi connectivity index (χ1) is 8.91. The summed E-state index contributed by atoms with van der Waals surface area (Å²) in [7, 11) is -3.54. The predicted molar refractivity (Wildman–Crippen MR) is 77.5 cm³/mol. The lowest BCUT2D eigenvalue weighted by Crippen LogP contribution is -2.38. The van der Waals surface area contributed by atoms with Gasteiger partial charge in [0.2, 0.25) is 10.0 Å². The molecule has 1 aromatic rings. The van der Waals surface area contributed by atoms with Crippen LogP contribution in [0.25, 0.3) is 0 Å². The quantitative estimate of drug-likeness (QED) is 0.898. The first-order valence-corrected chi connectivity index (χ1v) is 9.10. The highest BCUT2D eigenvalue weighted by atomic mass is 35.5. The third-order valence-electron chi connectivity index (χ3n) is 4.09. The number of hydrogen-bond acceptors (Lipinski definition) is 4. The summed E-state index contributed by atoms with van der Waals surface area (Å²) in [6.45, 7) is 4.30. The topological polar surface area (TPSA) is 49.4 Å². The summed E-state index contributed by atoms with van der Waals surface area (Å²) in [6, 6.07) is 1.45. The Hall–Kier alpha value is 0.150. The lowest BCUT2D eigenvalue weighted by Gasteiger charge is -2.23. The summed E-state index contributed by atoms with van der Waals surface area (Å²) in [5.74, 6) is 0.792. The zero-order chi connectivity index (χ0) is 13.8. The zero-order valence-corrected chi connectivity index (χ0v) is 13.4. The summed E-state index contributed by atoms with van der Waals surface area (Å²) >= 11 is 12.9. The van der Waals surface area contributed by atoms with Gasteiger partial charge in [-0.1, -0.05) is 23.2 Å². The van der Waals surface area contributed by atoms with Crippen molar-refractivity contribution in [1.82, 2.24) is 9.62 Å². The molecule has 3 atom stereocenters. The third kappa shape index (κ3) is 2.22. The molecule has 1 aromatic heterocycles. The third-order valence-corrected chi connectivity index (χ3v) is 7.80. The van der Waals surface area contributed by atoms with Gasteiger partial charge in [-0.2, -0.15) is 4.31 Å². The van der Waals surface area contributed by atoms with Crippen molar-refractivity contribution in [3.05, 3.63) is 14.7 Å². The SMILES string of the molecule is CC1C2CNCC2CN1S(=O)(=O)c1cc(Cl)sc1Cl. The number of hydrogen-bond donors (Lipinski definition) is 1. The summed E-state index contributed by atoms with van der Waals surface area (Å²) in [4.78, 5) is 0.143. The van der Waals surface area contributed by atoms with Gasteiger partial charge < -0.3 is 5.32 Å². The molecule has 3 heterocycles. The summed E-state index contributed by atoms with van der Waals surface area (Å²) in [5.41, 5.74) is 0. The smallest absolute Gasteiger partial charge is 0.245 e. The molecule has 19 heavy (non-hydrogen) atoms. The first kappa shape index (κ1) is 14.1. The largest absolute Gasteiger partial charge is 0.316 e. The van der Waals surface area contributed by atoms with Gasteiger partial charge in [-0.15, -0.1) is 11.3 Å². The van der Waals surface area contributed by atoms with Crippen molar-refractivity contribution in [3.8, 4) is 0 Å². The van der Waals surface area contributed by atoms with Crippen molar-refractivity contribution in [1.29, 1.82) is 0 Å².